The summed E-state index contributed by atoms with van der Waals surface area (Å²) in [6.45, 7) is -0.121. The second kappa shape index (κ2) is 11.6. The summed E-state index contributed by atoms with van der Waals surface area (Å²) in [4.78, 5) is 17.4. The van der Waals surface area contributed by atoms with Crippen LogP contribution in [0.2, 0.25) is 0 Å². The summed E-state index contributed by atoms with van der Waals surface area (Å²) in [5, 5.41) is 15.7. The highest BCUT2D eigenvalue weighted by atomic mass is 79.9. The predicted molar refractivity (Wildman–Crippen MR) is 125 cm³/mol. The molecule has 33 heavy (non-hydrogen) atoms. The highest BCUT2D eigenvalue weighted by molar-refractivity contribution is 9.10. The molecule has 3 aromatic rings. The molecule has 0 aliphatic rings. The van der Waals surface area contributed by atoms with E-state index in [0.717, 1.165) is 5.56 Å². The molecule has 9 heteroatoms. The van der Waals surface area contributed by atoms with Gasteiger partial charge in [0.05, 0.1) is 29.4 Å². The molecule has 3 aromatic carbocycles. The van der Waals surface area contributed by atoms with Crippen molar-refractivity contribution in [1.29, 1.82) is 5.26 Å². The number of oxime groups is 1. The minimum Gasteiger partial charge on any atom is -0.493 e. The fourth-order valence-electron chi connectivity index (χ4n) is 2.78. The maximum absolute atomic E-state index is 13.0. The van der Waals surface area contributed by atoms with Gasteiger partial charge < -0.3 is 19.6 Å². The van der Waals surface area contributed by atoms with E-state index in [4.69, 9.17) is 19.6 Å². The van der Waals surface area contributed by atoms with E-state index in [1.165, 1.54) is 37.6 Å². The van der Waals surface area contributed by atoms with Gasteiger partial charge in [-0.2, -0.15) is 5.26 Å². The van der Waals surface area contributed by atoms with E-state index in [2.05, 4.69) is 32.5 Å². The van der Waals surface area contributed by atoms with Crippen LogP contribution in [0, 0.1) is 17.1 Å². The highest BCUT2D eigenvalue weighted by Crippen LogP contribution is 2.36. The Balaban J connectivity index is 1.60. The molecule has 0 unspecified atom stereocenters. The summed E-state index contributed by atoms with van der Waals surface area (Å²) in [5.41, 5.74) is 2.39. The lowest BCUT2D eigenvalue weighted by atomic mass is 10.1. The monoisotopic (exact) mass is 511 g/mol. The van der Waals surface area contributed by atoms with Crippen molar-refractivity contribution in [2.75, 3.05) is 19.0 Å². The third kappa shape index (κ3) is 6.79. The number of rotatable bonds is 9. The zero-order valence-corrected chi connectivity index (χ0v) is 19.1. The molecule has 0 aliphatic heterocycles. The van der Waals surface area contributed by atoms with E-state index in [9.17, 15) is 9.18 Å². The summed E-state index contributed by atoms with van der Waals surface area (Å²) < 4.78 is 24.5. The minimum absolute atomic E-state index is 0.156. The molecule has 0 aromatic heterocycles. The van der Waals surface area contributed by atoms with Gasteiger partial charge in [-0.15, -0.1) is 0 Å². The first kappa shape index (κ1) is 23.8. The van der Waals surface area contributed by atoms with E-state index < -0.39 is 5.91 Å². The quantitative estimate of drug-likeness (QED) is 0.321. The summed E-state index contributed by atoms with van der Waals surface area (Å²) >= 11 is 3.41. The molecule has 168 valence electrons. The van der Waals surface area contributed by atoms with Crippen LogP contribution in [0.4, 0.5) is 10.1 Å². The Morgan fingerprint density at radius 3 is 2.70 bits per heavy atom. The van der Waals surface area contributed by atoms with Crippen LogP contribution < -0.4 is 14.8 Å². The fourth-order valence-corrected chi connectivity index (χ4v) is 3.36. The Morgan fingerprint density at radius 2 is 1.97 bits per heavy atom. The van der Waals surface area contributed by atoms with Gasteiger partial charge in [-0.1, -0.05) is 23.4 Å². The molecular weight excluding hydrogens is 493 g/mol. The van der Waals surface area contributed by atoms with Gasteiger partial charge in [-0.25, -0.2) is 4.39 Å². The number of anilines is 1. The van der Waals surface area contributed by atoms with Crippen LogP contribution in [0.25, 0.3) is 0 Å². The van der Waals surface area contributed by atoms with Crippen LogP contribution in [0.1, 0.15) is 16.7 Å². The number of methoxy groups -OCH3 is 1. The van der Waals surface area contributed by atoms with Crippen LogP contribution in [0.15, 0.2) is 70.3 Å². The van der Waals surface area contributed by atoms with Crippen LogP contribution >= 0.6 is 15.9 Å². The fraction of sp³-hybridized carbons (Fsp3) is 0.125. The highest BCUT2D eigenvalue weighted by Gasteiger charge is 2.13. The molecule has 7 nitrogen and oxygen atoms in total. The molecule has 1 N–H and O–H groups in total. The zero-order chi connectivity index (χ0) is 23.6. The average Bonchev–Trinajstić information content (AvgIpc) is 2.82. The normalized spacial score (nSPS) is 10.5. The van der Waals surface area contributed by atoms with E-state index in [1.807, 2.05) is 6.07 Å². The number of nitrogens with one attached hydrogen (secondary N) is 1. The minimum atomic E-state index is -0.410. The van der Waals surface area contributed by atoms with Crippen molar-refractivity contribution in [3.05, 3.63) is 87.6 Å². The Morgan fingerprint density at radius 1 is 1.21 bits per heavy atom. The van der Waals surface area contributed by atoms with Crippen LogP contribution in [-0.4, -0.2) is 25.8 Å². The van der Waals surface area contributed by atoms with Crippen molar-refractivity contribution in [2.45, 2.75) is 6.61 Å². The molecule has 0 radical (unpaired) electrons. The topological polar surface area (TPSA) is 92.9 Å². The zero-order valence-electron chi connectivity index (χ0n) is 17.5. The first-order chi connectivity index (χ1) is 16.0. The lowest BCUT2D eigenvalue weighted by Gasteiger charge is -2.13. The van der Waals surface area contributed by atoms with Gasteiger partial charge in [-0.05, 0) is 58.4 Å². The Kier molecular flexibility index (Phi) is 8.38. The number of nitriles is 1. The molecule has 0 heterocycles. The van der Waals surface area contributed by atoms with Gasteiger partial charge in [0.2, 0.25) is 0 Å². The number of carbonyl (C=O) groups excluding carboxylic acids is 1. The van der Waals surface area contributed by atoms with Crippen molar-refractivity contribution >= 4 is 33.7 Å². The third-order valence-electron chi connectivity index (χ3n) is 4.36. The van der Waals surface area contributed by atoms with Crippen LogP contribution in [0.3, 0.4) is 0 Å². The first-order valence-corrected chi connectivity index (χ1v) is 10.5. The van der Waals surface area contributed by atoms with E-state index in [-0.39, 0.29) is 19.0 Å². The number of hydrogen-bond acceptors (Lipinski definition) is 6. The molecule has 1 amide bonds. The molecule has 3 rings (SSSR count). The second-order valence-corrected chi connectivity index (χ2v) is 7.51. The molecule has 0 spiro atoms. The SMILES string of the molecule is COc1cc(/C=N\OCc2ccccc2C#N)cc(Br)c1OCC(=O)Nc1ccc(F)cc1. The molecule has 0 saturated carbocycles. The summed E-state index contributed by atoms with van der Waals surface area (Å²) in [6.07, 6.45) is 1.49. The summed E-state index contributed by atoms with van der Waals surface area (Å²) in [5.74, 6) is -0.0748. The number of ether oxygens (including phenoxy) is 2. The van der Waals surface area contributed by atoms with Gasteiger partial charge >= 0.3 is 0 Å². The maximum Gasteiger partial charge on any atom is 0.262 e. The number of benzene rings is 3. The maximum atomic E-state index is 13.0. The van der Waals surface area contributed by atoms with E-state index in [1.54, 1.807) is 30.3 Å². The van der Waals surface area contributed by atoms with Gasteiger partial charge in [0.15, 0.2) is 18.1 Å². The molecule has 0 bridgehead atoms. The van der Waals surface area contributed by atoms with Crippen molar-refractivity contribution in [2.24, 2.45) is 5.16 Å². The molecule has 0 fully saturated rings. The molecular formula is C24H19BrFN3O4. The van der Waals surface area contributed by atoms with Gasteiger partial charge in [0.1, 0.15) is 12.4 Å². The van der Waals surface area contributed by atoms with Gasteiger partial charge in [0, 0.05) is 16.8 Å². The number of halogens is 2. The average molecular weight is 512 g/mol. The standard InChI is InChI=1S/C24H19BrFN3O4/c1-31-22-11-16(13-28-33-14-18-5-3-2-4-17(18)12-27)10-21(25)24(22)32-15-23(30)29-20-8-6-19(26)7-9-20/h2-11,13H,14-15H2,1H3,(H,29,30)/b28-13-. The lowest BCUT2D eigenvalue weighted by Crippen LogP contribution is -2.20. The van der Waals surface area contributed by atoms with Gasteiger partial charge in [-0.3, -0.25) is 4.79 Å². The Labute approximate surface area is 198 Å². The van der Waals surface area contributed by atoms with Crippen molar-refractivity contribution in [1.82, 2.24) is 0 Å². The second-order valence-electron chi connectivity index (χ2n) is 6.65. The summed E-state index contributed by atoms with van der Waals surface area (Å²) in [7, 11) is 1.48. The third-order valence-corrected chi connectivity index (χ3v) is 4.95. The van der Waals surface area contributed by atoms with E-state index in [0.29, 0.717) is 32.8 Å². The van der Waals surface area contributed by atoms with Crippen LogP contribution in [0.5, 0.6) is 11.5 Å². The predicted octanol–water partition coefficient (Wildman–Crippen LogP) is 5.04. The molecule has 0 saturated heterocycles. The molecule has 0 atom stereocenters. The number of amides is 1. The van der Waals surface area contributed by atoms with Gasteiger partial charge in [0.25, 0.3) is 5.91 Å². The Bertz CT molecular complexity index is 1190. The van der Waals surface area contributed by atoms with E-state index >= 15 is 0 Å². The number of hydrogen-bond donors (Lipinski definition) is 1. The first-order valence-electron chi connectivity index (χ1n) is 9.69. The van der Waals surface area contributed by atoms with Crippen molar-refractivity contribution < 1.29 is 23.5 Å². The lowest BCUT2D eigenvalue weighted by molar-refractivity contribution is -0.118. The van der Waals surface area contributed by atoms with Crippen molar-refractivity contribution in [3.8, 4) is 17.6 Å². The largest absolute Gasteiger partial charge is 0.493 e. The number of nitrogens with zero attached hydrogens (tertiary/aromatic N) is 2. The van der Waals surface area contributed by atoms with Crippen molar-refractivity contribution in [3.63, 3.8) is 0 Å². The summed E-state index contributed by atoms with van der Waals surface area (Å²) in [6, 6.07) is 18.0. The smallest absolute Gasteiger partial charge is 0.262 e. The molecule has 0 aliphatic carbocycles. The number of carbonyl (C=O) groups is 1. The van der Waals surface area contributed by atoms with Crippen LogP contribution in [-0.2, 0) is 16.2 Å². The Hall–Kier alpha value is -3.90.